The molecule has 1 aromatic carbocycles. The molecule has 22 heavy (non-hydrogen) atoms. The molecule has 0 amide bonds. The molecule has 2 N–H and O–H groups in total. The van der Waals surface area contributed by atoms with Crippen LogP contribution in [0, 0.1) is 0 Å². The average Bonchev–Trinajstić information content (AvgIpc) is 2.45. The Bertz CT molecular complexity index is 730. The molecule has 0 saturated carbocycles. The minimum absolute atomic E-state index is 0.131. The van der Waals surface area contributed by atoms with Crippen molar-refractivity contribution in [2.75, 3.05) is 0 Å². The van der Waals surface area contributed by atoms with Gasteiger partial charge in [0.05, 0.1) is 5.25 Å². The third-order valence-corrected chi connectivity index (χ3v) is 4.99. The molecule has 1 heterocycles. The van der Waals surface area contributed by atoms with Crippen molar-refractivity contribution in [3.8, 4) is 0 Å². The Hall–Kier alpha value is -0.860. The predicted molar refractivity (Wildman–Crippen MR) is 82.9 cm³/mol. The van der Waals surface area contributed by atoms with E-state index in [0.717, 1.165) is 6.07 Å². The number of thiol groups is 1. The first-order valence-electron chi connectivity index (χ1n) is 5.83. The lowest BCUT2D eigenvalue weighted by molar-refractivity contribution is 0.0557. The highest BCUT2D eigenvalue weighted by Crippen LogP contribution is 2.60. The summed E-state index contributed by atoms with van der Waals surface area (Å²) in [4.78, 5) is 25.6. The molecule has 0 aliphatic rings. The molecule has 0 aliphatic heterocycles. The van der Waals surface area contributed by atoms with Gasteiger partial charge >= 0.3 is 13.3 Å². The van der Waals surface area contributed by atoms with E-state index in [-0.39, 0.29) is 4.47 Å². The normalized spacial score (nSPS) is 13.9. The van der Waals surface area contributed by atoms with E-state index in [1.807, 2.05) is 0 Å². The largest absolute Gasteiger partial charge is 0.399 e. The van der Waals surface area contributed by atoms with Gasteiger partial charge in [-0.3, -0.25) is 4.57 Å². The lowest BCUT2D eigenvalue weighted by Crippen LogP contribution is -2.14. The van der Waals surface area contributed by atoms with Gasteiger partial charge in [0, 0.05) is 22.4 Å². The van der Waals surface area contributed by atoms with E-state index in [0.29, 0.717) is 11.4 Å². The van der Waals surface area contributed by atoms with Gasteiger partial charge in [0.2, 0.25) is 0 Å². The standard InChI is InChI=1S/C12H10BrF2N2O3PS/c13-9-6-7(10(22)11-16-4-1-5-17-11)2-3-8(9)12(14,15)21(18,19)20/h1-6,10,22H,(H2,18,19,20). The molecule has 1 aromatic heterocycles. The molecule has 5 nitrogen and oxygen atoms in total. The minimum atomic E-state index is -5.62. The second-order valence-electron chi connectivity index (χ2n) is 4.33. The van der Waals surface area contributed by atoms with E-state index >= 15 is 0 Å². The van der Waals surface area contributed by atoms with Gasteiger partial charge in [-0.15, -0.1) is 0 Å². The summed E-state index contributed by atoms with van der Waals surface area (Å²) in [6.07, 6.45) is 3.05. The summed E-state index contributed by atoms with van der Waals surface area (Å²) in [6.45, 7) is 0. The van der Waals surface area contributed by atoms with Crippen molar-refractivity contribution in [2.45, 2.75) is 10.9 Å². The van der Waals surface area contributed by atoms with E-state index in [1.165, 1.54) is 24.5 Å². The maximum atomic E-state index is 13.7. The van der Waals surface area contributed by atoms with Crippen LogP contribution >= 0.6 is 36.2 Å². The molecular formula is C12H10BrF2N2O3PS. The minimum Gasteiger partial charge on any atom is -0.320 e. The topological polar surface area (TPSA) is 83.3 Å². The molecule has 10 heteroatoms. The highest BCUT2D eigenvalue weighted by Gasteiger charge is 2.51. The summed E-state index contributed by atoms with van der Waals surface area (Å²) in [5.41, 5.74) is -4.56. The Labute approximate surface area is 138 Å². The van der Waals surface area contributed by atoms with Gasteiger partial charge in [0.15, 0.2) is 0 Å². The highest BCUT2D eigenvalue weighted by molar-refractivity contribution is 9.10. The number of nitrogens with zero attached hydrogens (tertiary/aromatic N) is 2. The predicted octanol–water partition coefficient (Wildman–Crippen LogP) is 3.49. The molecular weight excluding hydrogens is 401 g/mol. The zero-order valence-corrected chi connectivity index (χ0v) is 14.1. The Morgan fingerprint density at radius 2 is 1.86 bits per heavy atom. The van der Waals surface area contributed by atoms with Gasteiger partial charge in [-0.05, 0) is 17.7 Å². The summed E-state index contributed by atoms with van der Waals surface area (Å²) in [6, 6.07) is 5.19. The summed E-state index contributed by atoms with van der Waals surface area (Å²) in [5.74, 6) is 0.382. The second kappa shape index (κ2) is 6.33. The van der Waals surface area contributed by atoms with Crippen molar-refractivity contribution in [1.82, 2.24) is 9.97 Å². The zero-order valence-electron chi connectivity index (χ0n) is 10.8. The molecule has 2 rings (SSSR count). The van der Waals surface area contributed by atoms with Gasteiger partial charge in [-0.2, -0.15) is 21.4 Å². The molecule has 1 atom stereocenters. The van der Waals surface area contributed by atoms with Crippen LogP contribution < -0.4 is 0 Å². The first-order valence-corrected chi connectivity index (χ1v) is 8.75. The van der Waals surface area contributed by atoms with E-state index in [1.54, 1.807) is 6.07 Å². The molecule has 118 valence electrons. The third-order valence-electron chi connectivity index (χ3n) is 2.83. The fourth-order valence-corrected chi connectivity index (χ4v) is 3.30. The first-order chi connectivity index (χ1) is 10.1. The third kappa shape index (κ3) is 3.38. The molecule has 0 radical (unpaired) electrons. The number of rotatable bonds is 4. The van der Waals surface area contributed by atoms with Gasteiger partial charge in [-0.25, -0.2) is 9.97 Å². The number of aromatic nitrogens is 2. The smallest absolute Gasteiger partial charge is 0.320 e. The van der Waals surface area contributed by atoms with Crippen LogP contribution in [0.15, 0.2) is 41.1 Å². The Morgan fingerprint density at radius 1 is 1.27 bits per heavy atom. The molecule has 0 bridgehead atoms. The van der Waals surface area contributed by atoms with E-state index in [2.05, 4.69) is 38.5 Å². The van der Waals surface area contributed by atoms with Gasteiger partial charge in [0.25, 0.3) is 0 Å². The van der Waals surface area contributed by atoms with Crippen molar-refractivity contribution in [3.05, 3.63) is 58.1 Å². The monoisotopic (exact) mass is 410 g/mol. The maximum Gasteiger partial charge on any atom is 0.399 e. The van der Waals surface area contributed by atoms with Crippen LogP contribution in [0.5, 0.6) is 0 Å². The lowest BCUT2D eigenvalue weighted by atomic mass is 10.1. The molecule has 2 aromatic rings. The maximum absolute atomic E-state index is 13.7. The fourth-order valence-electron chi connectivity index (χ4n) is 1.70. The van der Waals surface area contributed by atoms with Crippen LogP contribution in [0.1, 0.15) is 22.2 Å². The van der Waals surface area contributed by atoms with Crippen LogP contribution in [-0.4, -0.2) is 19.8 Å². The van der Waals surface area contributed by atoms with Crippen molar-refractivity contribution in [3.63, 3.8) is 0 Å². The summed E-state index contributed by atoms with van der Waals surface area (Å²) in [7, 11) is -5.62. The molecule has 0 saturated heterocycles. The quantitative estimate of drug-likeness (QED) is 0.530. The number of alkyl halides is 2. The van der Waals surface area contributed by atoms with Crippen LogP contribution in [0.25, 0.3) is 0 Å². The number of benzene rings is 1. The average molecular weight is 411 g/mol. The number of hydrogen-bond acceptors (Lipinski definition) is 4. The fraction of sp³-hybridized carbons (Fsp3) is 0.167. The molecule has 0 aliphatic carbocycles. The summed E-state index contributed by atoms with van der Waals surface area (Å²) >= 11 is 7.25. The first kappa shape index (κ1) is 17.5. The van der Waals surface area contributed by atoms with Crippen LogP contribution in [0.4, 0.5) is 8.78 Å². The number of halogens is 3. The van der Waals surface area contributed by atoms with E-state index < -0.39 is 24.1 Å². The SMILES string of the molecule is O=P(O)(O)C(F)(F)c1ccc(C(S)c2ncccn2)cc1Br. The van der Waals surface area contributed by atoms with Gasteiger partial charge in [-0.1, -0.05) is 28.1 Å². The Morgan fingerprint density at radius 3 is 2.36 bits per heavy atom. The van der Waals surface area contributed by atoms with Crippen LogP contribution in [0.3, 0.4) is 0 Å². The summed E-state index contributed by atoms with van der Waals surface area (Å²) < 4.78 is 38.3. The van der Waals surface area contributed by atoms with Crippen LogP contribution in [0.2, 0.25) is 0 Å². The molecule has 0 spiro atoms. The van der Waals surface area contributed by atoms with E-state index in [4.69, 9.17) is 9.79 Å². The van der Waals surface area contributed by atoms with Crippen molar-refractivity contribution in [1.29, 1.82) is 0 Å². The van der Waals surface area contributed by atoms with Gasteiger partial charge in [0.1, 0.15) is 5.82 Å². The van der Waals surface area contributed by atoms with Crippen molar-refractivity contribution < 1.29 is 23.1 Å². The van der Waals surface area contributed by atoms with Crippen molar-refractivity contribution >= 4 is 36.2 Å². The van der Waals surface area contributed by atoms with Gasteiger partial charge < -0.3 is 9.79 Å². The van der Waals surface area contributed by atoms with E-state index in [9.17, 15) is 13.3 Å². The Balaban J connectivity index is 2.41. The lowest BCUT2D eigenvalue weighted by Gasteiger charge is -2.20. The second-order valence-corrected chi connectivity index (χ2v) is 7.35. The molecule has 0 fully saturated rings. The molecule has 1 unspecified atom stereocenters. The van der Waals surface area contributed by atoms with Crippen molar-refractivity contribution in [2.24, 2.45) is 0 Å². The Kier molecular flexibility index (Phi) is 5.03. The highest BCUT2D eigenvalue weighted by atomic mass is 79.9. The summed E-state index contributed by atoms with van der Waals surface area (Å²) in [5, 5.41) is -0.560. The zero-order chi connectivity index (χ0) is 16.5. The van der Waals surface area contributed by atoms with Crippen LogP contribution in [-0.2, 0) is 10.2 Å². The number of hydrogen-bond donors (Lipinski definition) is 3.